The number of fused-ring (bicyclic) bond motifs is 1. The van der Waals surface area contributed by atoms with Crippen LogP contribution in [0.3, 0.4) is 0 Å². The summed E-state index contributed by atoms with van der Waals surface area (Å²) in [6, 6.07) is 13.1. The number of hydrogen-bond donors (Lipinski definition) is 0. The third-order valence-electron chi connectivity index (χ3n) is 3.76. The third-order valence-corrected chi connectivity index (χ3v) is 5.30. The van der Waals surface area contributed by atoms with Crippen LogP contribution >= 0.6 is 27.3 Å². The summed E-state index contributed by atoms with van der Waals surface area (Å²) >= 11 is 4.75. The van der Waals surface area contributed by atoms with Gasteiger partial charge in [-0.1, -0.05) is 45.0 Å². The number of hydrogen-bond acceptors (Lipinski definition) is 5. The molecule has 0 saturated heterocycles. The van der Waals surface area contributed by atoms with E-state index in [0.29, 0.717) is 10.6 Å². The first-order valence-electron chi connectivity index (χ1n) is 8.09. The minimum Gasteiger partial charge on any atom is -0.484 e. The molecule has 8 heteroatoms. The number of ether oxygens (including phenoxy) is 2. The molecule has 2 aromatic carbocycles. The second kappa shape index (κ2) is 8.49. The lowest BCUT2D eigenvalue weighted by Gasteiger charge is -2.04. The van der Waals surface area contributed by atoms with Crippen LogP contribution in [0.25, 0.3) is 10.2 Å². The number of aryl methyl sites for hydroxylation is 1. The summed E-state index contributed by atoms with van der Waals surface area (Å²) in [6.45, 7) is 1.77. The largest absolute Gasteiger partial charge is 0.484 e. The van der Waals surface area contributed by atoms with E-state index in [2.05, 4.69) is 20.9 Å². The van der Waals surface area contributed by atoms with Crippen molar-refractivity contribution >= 4 is 49.4 Å². The Hall–Kier alpha value is -2.45. The van der Waals surface area contributed by atoms with Crippen molar-refractivity contribution in [2.24, 2.45) is 4.99 Å². The lowest BCUT2D eigenvalue weighted by Crippen LogP contribution is -2.23. The highest BCUT2D eigenvalue weighted by Gasteiger charge is 2.12. The SMILES string of the molecule is COC(=O)Cn1c(=NC(=O)COc2ccc(C)cc2)sc2cc(Br)ccc21. The fourth-order valence-electron chi connectivity index (χ4n) is 2.40. The average molecular weight is 449 g/mol. The number of benzene rings is 2. The normalized spacial score (nSPS) is 11.6. The van der Waals surface area contributed by atoms with Gasteiger partial charge in [0.15, 0.2) is 11.4 Å². The highest BCUT2D eigenvalue weighted by atomic mass is 79.9. The number of nitrogens with zero attached hydrogens (tertiary/aromatic N) is 2. The lowest BCUT2D eigenvalue weighted by molar-refractivity contribution is -0.141. The van der Waals surface area contributed by atoms with Gasteiger partial charge in [0, 0.05) is 4.47 Å². The van der Waals surface area contributed by atoms with Crippen LogP contribution in [-0.4, -0.2) is 30.2 Å². The molecule has 1 aromatic heterocycles. The van der Waals surface area contributed by atoms with Crippen LogP contribution in [0.15, 0.2) is 51.9 Å². The molecule has 0 spiro atoms. The van der Waals surface area contributed by atoms with E-state index < -0.39 is 11.9 Å². The van der Waals surface area contributed by atoms with Gasteiger partial charge in [-0.05, 0) is 37.3 Å². The Morgan fingerprint density at radius 1 is 1.19 bits per heavy atom. The Morgan fingerprint density at radius 3 is 2.63 bits per heavy atom. The van der Waals surface area contributed by atoms with Crippen molar-refractivity contribution in [3.05, 3.63) is 57.3 Å². The number of esters is 1. The zero-order valence-electron chi connectivity index (χ0n) is 14.8. The summed E-state index contributed by atoms with van der Waals surface area (Å²) < 4.78 is 13.7. The van der Waals surface area contributed by atoms with Gasteiger partial charge in [0.05, 0.1) is 17.3 Å². The molecule has 3 aromatic rings. The molecule has 1 amide bonds. The van der Waals surface area contributed by atoms with Crippen LogP contribution < -0.4 is 9.54 Å². The molecule has 0 aliphatic carbocycles. The second-order valence-electron chi connectivity index (χ2n) is 5.77. The van der Waals surface area contributed by atoms with Crippen LogP contribution in [0.1, 0.15) is 5.56 Å². The van der Waals surface area contributed by atoms with Crippen LogP contribution in [0.5, 0.6) is 5.75 Å². The molecule has 1 heterocycles. The Labute approximate surface area is 168 Å². The number of halogens is 1. The molecule has 140 valence electrons. The van der Waals surface area contributed by atoms with Gasteiger partial charge in [-0.25, -0.2) is 0 Å². The van der Waals surface area contributed by atoms with E-state index in [-0.39, 0.29) is 13.2 Å². The number of carbonyl (C=O) groups excluding carboxylic acids is 2. The molecule has 0 atom stereocenters. The van der Waals surface area contributed by atoms with Crippen molar-refractivity contribution < 1.29 is 19.1 Å². The Balaban J connectivity index is 1.88. The topological polar surface area (TPSA) is 69.9 Å². The van der Waals surface area contributed by atoms with E-state index in [0.717, 1.165) is 20.3 Å². The van der Waals surface area contributed by atoms with E-state index in [4.69, 9.17) is 9.47 Å². The van der Waals surface area contributed by atoms with Gasteiger partial charge in [-0.2, -0.15) is 4.99 Å². The summed E-state index contributed by atoms with van der Waals surface area (Å²) in [6.07, 6.45) is 0. The highest BCUT2D eigenvalue weighted by Crippen LogP contribution is 2.22. The third kappa shape index (κ3) is 4.84. The van der Waals surface area contributed by atoms with E-state index in [1.165, 1.54) is 18.4 Å². The smallest absolute Gasteiger partial charge is 0.325 e. The summed E-state index contributed by atoms with van der Waals surface area (Å²) in [7, 11) is 1.32. The van der Waals surface area contributed by atoms with Gasteiger partial charge in [0.2, 0.25) is 0 Å². The first-order chi connectivity index (χ1) is 13.0. The van der Waals surface area contributed by atoms with Crippen molar-refractivity contribution in [3.63, 3.8) is 0 Å². The van der Waals surface area contributed by atoms with E-state index in [1.807, 2.05) is 37.3 Å². The van der Waals surface area contributed by atoms with E-state index >= 15 is 0 Å². The molecule has 6 nitrogen and oxygen atoms in total. The molecular formula is C19H17BrN2O4S. The molecule has 0 aliphatic heterocycles. The number of thiazole rings is 1. The van der Waals surface area contributed by atoms with Gasteiger partial charge < -0.3 is 14.0 Å². The average Bonchev–Trinajstić information content (AvgIpc) is 2.97. The first kappa shape index (κ1) is 19.3. The molecule has 0 aliphatic rings. The van der Waals surface area contributed by atoms with Crippen LogP contribution in [0.2, 0.25) is 0 Å². The Morgan fingerprint density at radius 2 is 1.93 bits per heavy atom. The van der Waals surface area contributed by atoms with Gasteiger partial charge in [0.25, 0.3) is 5.91 Å². The molecule has 0 N–H and O–H groups in total. The number of methoxy groups -OCH3 is 1. The van der Waals surface area contributed by atoms with Crippen LogP contribution in [0.4, 0.5) is 0 Å². The molecular weight excluding hydrogens is 432 g/mol. The van der Waals surface area contributed by atoms with Gasteiger partial charge in [-0.15, -0.1) is 0 Å². The summed E-state index contributed by atoms with van der Waals surface area (Å²) in [4.78, 5) is 28.6. The predicted octanol–water partition coefficient (Wildman–Crippen LogP) is 3.45. The maximum Gasteiger partial charge on any atom is 0.325 e. The van der Waals surface area contributed by atoms with Crippen LogP contribution in [0, 0.1) is 6.92 Å². The standard InChI is InChI=1S/C19H17BrN2O4S/c1-12-3-6-14(7-4-12)26-11-17(23)21-19-22(10-18(24)25-2)15-8-5-13(20)9-16(15)27-19/h3-9H,10-11H2,1-2H3. The van der Waals surface area contributed by atoms with Gasteiger partial charge in [0.1, 0.15) is 12.3 Å². The summed E-state index contributed by atoms with van der Waals surface area (Å²) in [5.41, 5.74) is 1.92. The van der Waals surface area contributed by atoms with Crippen molar-refractivity contribution in [2.75, 3.05) is 13.7 Å². The minimum atomic E-state index is -0.431. The van der Waals surface area contributed by atoms with Crippen molar-refractivity contribution in [1.82, 2.24) is 4.57 Å². The fraction of sp³-hybridized carbons (Fsp3) is 0.211. The van der Waals surface area contributed by atoms with Crippen molar-refractivity contribution in [2.45, 2.75) is 13.5 Å². The maximum absolute atomic E-state index is 12.3. The quantitative estimate of drug-likeness (QED) is 0.560. The zero-order valence-corrected chi connectivity index (χ0v) is 17.2. The van der Waals surface area contributed by atoms with Crippen molar-refractivity contribution in [1.29, 1.82) is 0 Å². The Kier molecular flexibility index (Phi) is 6.08. The van der Waals surface area contributed by atoms with E-state index in [9.17, 15) is 9.59 Å². The monoisotopic (exact) mass is 448 g/mol. The second-order valence-corrected chi connectivity index (χ2v) is 7.69. The minimum absolute atomic E-state index is 0.0247. The molecule has 0 fully saturated rings. The fourth-order valence-corrected chi connectivity index (χ4v) is 4.00. The predicted molar refractivity (Wildman–Crippen MR) is 107 cm³/mol. The summed E-state index contributed by atoms with van der Waals surface area (Å²) in [5, 5.41) is 0. The molecule has 0 saturated carbocycles. The maximum atomic E-state index is 12.3. The van der Waals surface area contributed by atoms with Crippen molar-refractivity contribution in [3.8, 4) is 5.75 Å². The number of aromatic nitrogens is 1. The number of rotatable bonds is 5. The number of amides is 1. The van der Waals surface area contributed by atoms with Crippen LogP contribution in [-0.2, 0) is 20.9 Å². The number of carbonyl (C=O) groups is 2. The van der Waals surface area contributed by atoms with E-state index in [1.54, 1.807) is 16.7 Å². The van der Waals surface area contributed by atoms with Gasteiger partial charge in [-0.3, -0.25) is 9.59 Å². The highest BCUT2D eigenvalue weighted by molar-refractivity contribution is 9.10. The molecule has 3 rings (SSSR count). The molecule has 27 heavy (non-hydrogen) atoms. The lowest BCUT2D eigenvalue weighted by atomic mass is 10.2. The zero-order chi connectivity index (χ0) is 19.4. The molecule has 0 radical (unpaired) electrons. The summed E-state index contributed by atoms with van der Waals surface area (Å²) in [5.74, 6) is -0.242. The molecule has 0 bridgehead atoms. The Bertz CT molecular complexity index is 1050. The molecule has 0 unspecified atom stereocenters. The van der Waals surface area contributed by atoms with Gasteiger partial charge >= 0.3 is 5.97 Å². The first-order valence-corrected chi connectivity index (χ1v) is 9.70.